The van der Waals surface area contributed by atoms with Crippen LogP contribution in [0.4, 0.5) is 4.79 Å². The van der Waals surface area contributed by atoms with Crippen LogP contribution in [0.2, 0.25) is 0 Å². The summed E-state index contributed by atoms with van der Waals surface area (Å²) in [5.74, 6) is 3.90. The average molecular weight is 615 g/mol. The largest absolute Gasteiger partial charge is 0.493 e. The summed E-state index contributed by atoms with van der Waals surface area (Å²) >= 11 is 0. The minimum absolute atomic E-state index is 0.129. The van der Waals surface area contributed by atoms with Gasteiger partial charge in [-0.3, -0.25) is 4.90 Å². The lowest BCUT2D eigenvalue weighted by molar-refractivity contribution is 0.0262. The Bertz CT molecular complexity index is 1490. The molecule has 0 spiro atoms. The predicted octanol–water partition coefficient (Wildman–Crippen LogP) is 6.99. The summed E-state index contributed by atoms with van der Waals surface area (Å²) in [5.41, 5.74) is 5.99. The van der Waals surface area contributed by atoms with Crippen LogP contribution in [-0.2, 0) is 24.2 Å². The number of rotatable bonds is 9. The van der Waals surface area contributed by atoms with Gasteiger partial charge in [-0.25, -0.2) is 4.79 Å². The molecule has 8 nitrogen and oxygen atoms in total. The van der Waals surface area contributed by atoms with Gasteiger partial charge in [-0.15, -0.1) is 0 Å². The summed E-state index contributed by atoms with van der Waals surface area (Å²) in [6.45, 7) is 5.24. The number of hydrogen-bond donors (Lipinski definition) is 0. The Labute approximate surface area is 267 Å². The molecule has 1 amide bonds. The molecule has 240 valence electrons. The summed E-state index contributed by atoms with van der Waals surface area (Å²) in [5, 5.41) is 0. The maximum atomic E-state index is 13.8. The van der Waals surface area contributed by atoms with Crippen molar-refractivity contribution >= 4 is 6.09 Å². The second-order valence-electron chi connectivity index (χ2n) is 12.5. The average Bonchev–Trinajstić information content (AvgIpc) is 3.09. The molecule has 0 radical (unpaired) electrons. The molecule has 4 unspecified atom stereocenters. The Balaban J connectivity index is 1.32. The Morgan fingerprint density at radius 2 is 1.38 bits per heavy atom. The van der Waals surface area contributed by atoms with E-state index < -0.39 is 0 Å². The summed E-state index contributed by atoms with van der Waals surface area (Å²) in [7, 11) is 6.74. The van der Waals surface area contributed by atoms with E-state index in [1.54, 1.807) is 28.4 Å². The Hall–Kier alpha value is -3.91. The van der Waals surface area contributed by atoms with Crippen LogP contribution in [0.25, 0.3) is 0 Å². The molecule has 0 saturated carbocycles. The summed E-state index contributed by atoms with van der Waals surface area (Å²) < 4.78 is 28.7. The van der Waals surface area contributed by atoms with E-state index >= 15 is 0 Å². The third-order valence-corrected chi connectivity index (χ3v) is 10.3. The van der Waals surface area contributed by atoms with Gasteiger partial charge in [0.1, 0.15) is 6.61 Å². The molecule has 0 N–H and O–H groups in total. The van der Waals surface area contributed by atoms with E-state index in [0.29, 0.717) is 30.2 Å². The summed E-state index contributed by atoms with van der Waals surface area (Å²) in [6, 6.07) is 18.6. The number of methoxy groups -OCH3 is 4. The van der Waals surface area contributed by atoms with Crippen molar-refractivity contribution < 1.29 is 28.5 Å². The number of benzene rings is 3. The van der Waals surface area contributed by atoms with Gasteiger partial charge in [0, 0.05) is 25.7 Å². The molecule has 6 rings (SSSR count). The second-order valence-corrected chi connectivity index (χ2v) is 12.5. The molecule has 0 aliphatic carbocycles. The van der Waals surface area contributed by atoms with E-state index in [4.69, 9.17) is 23.7 Å². The van der Waals surface area contributed by atoms with Gasteiger partial charge in [0.05, 0.1) is 34.5 Å². The molecule has 3 aromatic carbocycles. The van der Waals surface area contributed by atoms with Crippen LogP contribution < -0.4 is 18.9 Å². The minimum Gasteiger partial charge on any atom is -0.493 e. The van der Waals surface area contributed by atoms with Crippen molar-refractivity contribution in [1.29, 1.82) is 0 Å². The number of piperidine rings is 1. The molecule has 3 aromatic rings. The monoisotopic (exact) mass is 614 g/mol. The lowest BCUT2D eigenvalue weighted by Gasteiger charge is -2.49. The zero-order valence-corrected chi connectivity index (χ0v) is 27.2. The van der Waals surface area contributed by atoms with Crippen molar-refractivity contribution in [3.8, 4) is 23.0 Å². The normalized spacial score (nSPS) is 22.5. The first-order valence-electron chi connectivity index (χ1n) is 16.2. The van der Waals surface area contributed by atoms with Crippen molar-refractivity contribution in [2.75, 3.05) is 48.1 Å². The summed E-state index contributed by atoms with van der Waals surface area (Å²) in [6.07, 6.45) is 4.44. The molecule has 0 aromatic heterocycles. The maximum absolute atomic E-state index is 13.8. The van der Waals surface area contributed by atoms with Gasteiger partial charge in [0.2, 0.25) is 0 Å². The van der Waals surface area contributed by atoms with Gasteiger partial charge in [0.25, 0.3) is 0 Å². The molecular formula is C37H46N2O6. The van der Waals surface area contributed by atoms with Crippen LogP contribution in [0.3, 0.4) is 0 Å². The molecule has 3 heterocycles. The molecule has 3 aliphatic rings. The third kappa shape index (κ3) is 6.17. The van der Waals surface area contributed by atoms with E-state index in [9.17, 15) is 4.79 Å². The van der Waals surface area contributed by atoms with Crippen LogP contribution >= 0.6 is 0 Å². The SMILES string of the molecule is CCC1CN2CCc3cc(OC)c(OC)cc3C2CC1CC1c2cc(OC)c(OC)cc2CCN1C(=O)OCc1ccccc1. The van der Waals surface area contributed by atoms with Crippen LogP contribution in [0.15, 0.2) is 54.6 Å². The van der Waals surface area contributed by atoms with Crippen molar-refractivity contribution in [3.05, 3.63) is 82.4 Å². The molecule has 4 atom stereocenters. The molecule has 1 saturated heterocycles. The van der Waals surface area contributed by atoms with Gasteiger partial charge < -0.3 is 28.6 Å². The molecule has 3 aliphatic heterocycles. The Kier molecular flexibility index (Phi) is 9.40. The number of hydrogen-bond acceptors (Lipinski definition) is 7. The highest BCUT2D eigenvalue weighted by Crippen LogP contribution is 2.49. The number of carbonyl (C=O) groups is 1. The maximum Gasteiger partial charge on any atom is 0.410 e. The van der Waals surface area contributed by atoms with Crippen LogP contribution in [0.5, 0.6) is 23.0 Å². The first-order chi connectivity index (χ1) is 22.0. The fourth-order valence-electron chi connectivity index (χ4n) is 7.85. The lowest BCUT2D eigenvalue weighted by Crippen LogP contribution is -2.47. The predicted molar refractivity (Wildman–Crippen MR) is 173 cm³/mol. The molecule has 0 bridgehead atoms. The number of amides is 1. The first-order valence-corrected chi connectivity index (χ1v) is 16.2. The number of nitrogens with zero attached hydrogens (tertiary/aromatic N) is 2. The van der Waals surface area contributed by atoms with Gasteiger partial charge in [-0.05, 0) is 89.6 Å². The fraction of sp³-hybridized carbons (Fsp3) is 0.486. The van der Waals surface area contributed by atoms with Crippen molar-refractivity contribution in [2.45, 2.75) is 57.7 Å². The summed E-state index contributed by atoms with van der Waals surface area (Å²) in [4.78, 5) is 18.4. The highest BCUT2D eigenvalue weighted by molar-refractivity contribution is 5.69. The lowest BCUT2D eigenvalue weighted by atomic mass is 9.72. The zero-order valence-electron chi connectivity index (χ0n) is 27.2. The standard InChI is InChI=1S/C37H46N2O6/c1-6-25-22-38-14-12-26-18-33(41-2)35(43-4)20-29(26)31(38)16-28(25)17-32-30-21-36(44-5)34(42-3)19-27(30)13-15-39(32)37(40)45-23-24-10-8-7-9-11-24/h7-11,18-21,25,28,31-32H,6,12-17,22-23H2,1-5H3. The Morgan fingerprint density at radius 1 is 0.778 bits per heavy atom. The number of carbonyl (C=O) groups excluding carboxylic acids is 1. The highest BCUT2D eigenvalue weighted by Gasteiger charge is 2.42. The van der Waals surface area contributed by atoms with Crippen LogP contribution in [0.1, 0.15) is 66.1 Å². The smallest absolute Gasteiger partial charge is 0.410 e. The van der Waals surface area contributed by atoms with Gasteiger partial charge in [-0.2, -0.15) is 0 Å². The molecular weight excluding hydrogens is 568 g/mol. The fourth-order valence-corrected chi connectivity index (χ4v) is 7.85. The minimum atomic E-state index is -0.269. The van der Waals surface area contributed by atoms with E-state index in [2.05, 4.69) is 36.1 Å². The third-order valence-electron chi connectivity index (χ3n) is 10.3. The van der Waals surface area contributed by atoms with E-state index in [0.717, 1.165) is 73.6 Å². The zero-order chi connectivity index (χ0) is 31.5. The van der Waals surface area contributed by atoms with Crippen LogP contribution in [0, 0.1) is 11.8 Å². The highest BCUT2D eigenvalue weighted by atomic mass is 16.6. The Morgan fingerprint density at radius 3 is 2.02 bits per heavy atom. The van der Waals surface area contributed by atoms with Crippen molar-refractivity contribution in [1.82, 2.24) is 9.80 Å². The van der Waals surface area contributed by atoms with Gasteiger partial charge >= 0.3 is 6.09 Å². The molecule has 45 heavy (non-hydrogen) atoms. The van der Waals surface area contributed by atoms with Gasteiger partial charge in [-0.1, -0.05) is 43.7 Å². The van der Waals surface area contributed by atoms with E-state index in [1.807, 2.05) is 35.2 Å². The van der Waals surface area contributed by atoms with E-state index in [-0.39, 0.29) is 18.7 Å². The molecule has 8 heteroatoms. The topological polar surface area (TPSA) is 69.7 Å². The van der Waals surface area contributed by atoms with Crippen molar-refractivity contribution in [2.24, 2.45) is 11.8 Å². The molecule has 1 fully saturated rings. The second kappa shape index (κ2) is 13.6. The quantitative estimate of drug-likeness (QED) is 0.257. The van der Waals surface area contributed by atoms with Gasteiger partial charge in [0.15, 0.2) is 23.0 Å². The number of fused-ring (bicyclic) bond motifs is 4. The van der Waals surface area contributed by atoms with E-state index in [1.165, 1.54) is 16.7 Å². The van der Waals surface area contributed by atoms with Crippen LogP contribution in [-0.4, -0.2) is 64.0 Å². The first kappa shape index (κ1) is 31.1. The number of ether oxygens (including phenoxy) is 5. The van der Waals surface area contributed by atoms with Crippen molar-refractivity contribution in [3.63, 3.8) is 0 Å².